The molecule has 2 amide bonds. The summed E-state index contributed by atoms with van der Waals surface area (Å²) in [6, 6.07) is 4.73. The standard InChI is InChI=1S/C13H20N2OS/c1-10(9-12-7-4-8-17-12)14-13(16)15-11-5-2-3-6-11/h4,7-8,10-11H,2-3,5-6,9H2,1H3,(H2,14,15,16). The molecular weight excluding hydrogens is 232 g/mol. The van der Waals surface area contributed by atoms with Crippen LogP contribution in [0, 0.1) is 0 Å². The Kier molecular flexibility index (Phi) is 4.42. The Balaban J connectivity index is 1.70. The van der Waals surface area contributed by atoms with Crippen LogP contribution in [0.2, 0.25) is 0 Å². The number of rotatable bonds is 4. The van der Waals surface area contributed by atoms with Crippen LogP contribution in [0.5, 0.6) is 0 Å². The molecule has 1 heterocycles. The summed E-state index contributed by atoms with van der Waals surface area (Å²) in [5.41, 5.74) is 0. The second kappa shape index (κ2) is 6.05. The molecule has 1 fully saturated rings. The SMILES string of the molecule is CC(Cc1cccs1)NC(=O)NC1CCCC1. The van der Waals surface area contributed by atoms with Crippen molar-refractivity contribution in [3.05, 3.63) is 22.4 Å². The van der Waals surface area contributed by atoms with Gasteiger partial charge in [0.15, 0.2) is 0 Å². The van der Waals surface area contributed by atoms with Crippen LogP contribution in [-0.4, -0.2) is 18.1 Å². The lowest BCUT2D eigenvalue weighted by molar-refractivity contribution is 0.234. The Labute approximate surface area is 107 Å². The first kappa shape index (κ1) is 12.4. The maximum atomic E-state index is 11.7. The van der Waals surface area contributed by atoms with Gasteiger partial charge in [0.1, 0.15) is 0 Å². The van der Waals surface area contributed by atoms with Gasteiger partial charge in [-0.2, -0.15) is 0 Å². The van der Waals surface area contributed by atoms with Gasteiger partial charge < -0.3 is 10.6 Å². The number of nitrogens with one attached hydrogen (secondary N) is 2. The largest absolute Gasteiger partial charge is 0.335 e. The number of hydrogen-bond donors (Lipinski definition) is 2. The lowest BCUT2D eigenvalue weighted by Gasteiger charge is -2.17. The Hall–Kier alpha value is -1.03. The van der Waals surface area contributed by atoms with Crippen molar-refractivity contribution < 1.29 is 4.79 Å². The number of urea groups is 1. The van der Waals surface area contributed by atoms with Gasteiger partial charge in [0, 0.05) is 23.4 Å². The lowest BCUT2D eigenvalue weighted by atomic mass is 10.2. The molecule has 0 radical (unpaired) electrons. The van der Waals surface area contributed by atoms with Gasteiger partial charge in [-0.3, -0.25) is 0 Å². The average molecular weight is 252 g/mol. The van der Waals surface area contributed by atoms with Crippen LogP contribution < -0.4 is 10.6 Å². The number of thiophene rings is 1. The van der Waals surface area contributed by atoms with Gasteiger partial charge in [-0.25, -0.2) is 4.79 Å². The molecule has 0 aromatic carbocycles. The Morgan fingerprint density at radius 3 is 2.94 bits per heavy atom. The first-order valence-electron chi connectivity index (χ1n) is 6.33. The maximum absolute atomic E-state index is 11.7. The van der Waals surface area contributed by atoms with Gasteiger partial charge in [0.25, 0.3) is 0 Å². The molecule has 1 atom stereocenters. The van der Waals surface area contributed by atoms with Crippen molar-refractivity contribution in [2.45, 2.75) is 51.1 Å². The number of hydrogen-bond acceptors (Lipinski definition) is 2. The zero-order valence-corrected chi connectivity index (χ0v) is 11.1. The van der Waals surface area contributed by atoms with Crippen molar-refractivity contribution in [3.8, 4) is 0 Å². The zero-order chi connectivity index (χ0) is 12.1. The minimum Gasteiger partial charge on any atom is -0.335 e. The van der Waals surface area contributed by atoms with Gasteiger partial charge in [-0.15, -0.1) is 11.3 Å². The molecule has 0 bridgehead atoms. The molecule has 1 unspecified atom stereocenters. The van der Waals surface area contributed by atoms with Crippen molar-refractivity contribution >= 4 is 17.4 Å². The summed E-state index contributed by atoms with van der Waals surface area (Å²) < 4.78 is 0. The third-order valence-electron chi connectivity index (χ3n) is 3.16. The van der Waals surface area contributed by atoms with Crippen LogP contribution >= 0.6 is 11.3 Å². The van der Waals surface area contributed by atoms with E-state index in [1.165, 1.54) is 17.7 Å². The molecular formula is C13H20N2OS. The van der Waals surface area contributed by atoms with Gasteiger partial charge in [-0.1, -0.05) is 18.9 Å². The van der Waals surface area contributed by atoms with E-state index in [0.717, 1.165) is 19.3 Å². The average Bonchev–Trinajstić information content (AvgIpc) is 2.90. The molecule has 1 aromatic heterocycles. The third-order valence-corrected chi connectivity index (χ3v) is 4.05. The molecule has 0 spiro atoms. The highest BCUT2D eigenvalue weighted by molar-refractivity contribution is 7.09. The number of amides is 2. The normalized spacial score (nSPS) is 17.9. The first-order valence-corrected chi connectivity index (χ1v) is 7.21. The van der Waals surface area contributed by atoms with E-state index in [9.17, 15) is 4.79 Å². The fourth-order valence-electron chi connectivity index (χ4n) is 2.30. The zero-order valence-electron chi connectivity index (χ0n) is 10.2. The van der Waals surface area contributed by atoms with Crippen molar-refractivity contribution in [1.82, 2.24) is 10.6 Å². The van der Waals surface area contributed by atoms with Crippen molar-refractivity contribution in [2.24, 2.45) is 0 Å². The highest BCUT2D eigenvalue weighted by Crippen LogP contribution is 2.17. The van der Waals surface area contributed by atoms with Gasteiger partial charge >= 0.3 is 6.03 Å². The second-order valence-corrected chi connectivity index (χ2v) is 5.82. The summed E-state index contributed by atoms with van der Waals surface area (Å²) in [6.07, 6.45) is 5.67. The van der Waals surface area contributed by atoms with Crippen molar-refractivity contribution in [3.63, 3.8) is 0 Å². The van der Waals surface area contributed by atoms with E-state index < -0.39 is 0 Å². The molecule has 1 aliphatic rings. The number of carbonyl (C=O) groups excluding carboxylic acids is 1. The van der Waals surface area contributed by atoms with Crippen molar-refractivity contribution in [2.75, 3.05) is 0 Å². The highest BCUT2D eigenvalue weighted by Gasteiger charge is 2.17. The van der Waals surface area contributed by atoms with Crippen LogP contribution in [-0.2, 0) is 6.42 Å². The van der Waals surface area contributed by atoms with E-state index >= 15 is 0 Å². The smallest absolute Gasteiger partial charge is 0.315 e. The predicted molar refractivity (Wildman–Crippen MR) is 71.4 cm³/mol. The van der Waals surface area contributed by atoms with Gasteiger partial charge in [0.2, 0.25) is 0 Å². The minimum atomic E-state index is -0.0130. The molecule has 0 saturated heterocycles. The molecule has 1 aromatic rings. The Morgan fingerprint density at radius 1 is 1.53 bits per heavy atom. The van der Waals surface area contributed by atoms with E-state index in [4.69, 9.17) is 0 Å². The van der Waals surface area contributed by atoms with Crippen molar-refractivity contribution in [1.29, 1.82) is 0 Å². The van der Waals surface area contributed by atoms with Gasteiger partial charge in [-0.05, 0) is 31.2 Å². The number of carbonyl (C=O) groups is 1. The molecule has 1 aliphatic carbocycles. The van der Waals surface area contributed by atoms with Crippen LogP contribution in [0.15, 0.2) is 17.5 Å². The molecule has 0 aliphatic heterocycles. The fourth-order valence-corrected chi connectivity index (χ4v) is 3.14. The summed E-state index contributed by atoms with van der Waals surface area (Å²) in [5, 5.41) is 8.11. The third kappa shape index (κ3) is 4.04. The summed E-state index contributed by atoms with van der Waals surface area (Å²) >= 11 is 1.74. The van der Waals surface area contributed by atoms with Crippen LogP contribution in [0.3, 0.4) is 0 Å². The second-order valence-electron chi connectivity index (χ2n) is 4.78. The minimum absolute atomic E-state index is 0.0130. The maximum Gasteiger partial charge on any atom is 0.315 e. The molecule has 3 nitrogen and oxygen atoms in total. The highest BCUT2D eigenvalue weighted by atomic mass is 32.1. The molecule has 4 heteroatoms. The van der Waals surface area contributed by atoms with Crippen LogP contribution in [0.4, 0.5) is 4.79 Å². The first-order chi connectivity index (χ1) is 8.24. The monoisotopic (exact) mass is 252 g/mol. The van der Waals surface area contributed by atoms with E-state index in [-0.39, 0.29) is 12.1 Å². The summed E-state index contributed by atoms with van der Waals surface area (Å²) in [4.78, 5) is 13.0. The van der Waals surface area contributed by atoms with Crippen LogP contribution in [0.1, 0.15) is 37.5 Å². The van der Waals surface area contributed by atoms with E-state index in [0.29, 0.717) is 6.04 Å². The van der Waals surface area contributed by atoms with E-state index in [1.54, 1.807) is 11.3 Å². The summed E-state index contributed by atoms with van der Waals surface area (Å²) in [7, 11) is 0. The lowest BCUT2D eigenvalue weighted by Crippen LogP contribution is -2.45. The molecule has 94 valence electrons. The quantitative estimate of drug-likeness (QED) is 0.850. The summed E-state index contributed by atoms with van der Waals surface area (Å²) in [6.45, 7) is 2.05. The van der Waals surface area contributed by atoms with Crippen LogP contribution in [0.25, 0.3) is 0 Å². The Bertz CT molecular complexity index is 344. The molecule has 17 heavy (non-hydrogen) atoms. The summed E-state index contributed by atoms with van der Waals surface area (Å²) in [5.74, 6) is 0. The fraction of sp³-hybridized carbons (Fsp3) is 0.615. The van der Waals surface area contributed by atoms with Gasteiger partial charge in [0.05, 0.1) is 0 Å². The topological polar surface area (TPSA) is 41.1 Å². The molecule has 2 N–H and O–H groups in total. The molecule has 1 saturated carbocycles. The Morgan fingerprint density at radius 2 is 2.29 bits per heavy atom. The predicted octanol–water partition coefficient (Wildman–Crippen LogP) is 2.92. The van der Waals surface area contributed by atoms with E-state index in [1.807, 2.05) is 13.0 Å². The molecule has 2 rings (SSSR count). The van der Waals surface area contributed by atoms with E-state index in [2.05, 4.69) is 22.1 Å².